The third kappa shape index (κ3) is 4.48. The first-order valence-corrected chi connectivity index (χ1v) is 6.80. The van der Waals surface area contributed by atoms with E-state index in [1.54, 1.807) is 24.3 Å². The quantitative estimate of drug-likeness (QED) is 0.699. The average Bonchev–Trinajstić information content (AvgIpc) is 2.54. The summed E-state index contributed by atoms with van der Waals surface area (Å²) in [5.74, 6) is 2.93. The van der Waals surface area contributed by atoms with Gasteiger partial charge in [0.05, 0.1) is 6.54 Å². The Kier molecular flexibility index (Phi) is 5.21. The summed E-state index contributed by atoms with van der Waals surface area (Å²) in [7, 11) is 0. The lowest BCUT2D eigenvalue weighted by Crippen LogP contribution is -2.23. The molecule has 2 rings (SSSR count). The van der Waals surface area contributed by atoms with Crippen molar-refractivity contribution in [3.63, 3.8) is 0 Å². The number of carbonyl (C=O) groups is 2. The van der Waals surface area contributed by atoms with Gasteiger partial charge in [-0.25, -0.2) is 8.78 Å². The summed E-state index contributed by atoms with van der Waals surface area (Å²) in [4.78, 5) is 22.9. The maximum Gasteiger partial charge on any atom is 0.252 e. The van der Waals surface area contributed by atoms with Crippen molar-refractivity contribution in [3.8, 4) is 11.8 Å². The molecule has 116 valence electrons. The largest absolute Gasteiger partial charge is 0.341 e. The van der Waals surface area contributed by atoms with Crippen LogP contribution in [0.3, 0.4) is 0 Å². The topological polar surface area (TPSA) is 46.2 Å². The first kappa shape index (κ1) is 16.4. The molecule has 3 nitrogen and oxygen atoms in total. The van der Waals surface area contributed by atoms with Crippen LogP contribution in [-0.2, 0) is 0 Å². The minimum Gasteiger partial charge on any atom is -0.341 e. The second-order valence-electron chi connectivity index (χ2n) is 4.75. The van der Waals surface area contributed by atoms with Crippen LogP contribution in [0.15, 0.2) is 42.5 Å². The Morgan fingerprint density at radius 3 is 2.26 bits per heavy atom. The Labute approximate surface area is 132 Å². The van der Waals surface area contributed by atoms with Crippen molar-refractivity contribution < 1.29 is 18.4 Å². The molecule has 0 aliphatic heterocycles. The number of Topliss-reactive ketones (excluding diaryl/α,β-unsaturated/α-hetero) is 1. The van der Waals surface area contributed by atoms with E-state index in [0.29, 0.717) is 11.1 Å². The highest BCUT2D eigenvalue weighted by molar-refractivity contribution is 5.94. The molecule has 0 aromatic heterocycles. The SMILES string of the molecule is CC(=O)c1ccc(C#CCNC(=O)c2ccc(F)c(F)c2)cc1. The first-order chi connectivity index (χ1) is 11.0. The molecule has 1 N–H and O–H groups in total. The number of rotatable bonds is 3. The highest BCUT2D eigenvalue weighted by Crippen LogP contribution is 2.08. The Morgan fingerprint density at radius 2 is 1.65 bits per heavy atom. The van der Waals surface area contributed by atoms with Gasteiger partial charge in [0, 0.05) is 16.7 Å². The van der Waals surface area contributed by atoms with Crippen LogP contribution in [-0.4, -0.2) is 18.2 Å². The van der Waals surface area contributed by atoms with E-state index >= 15 is 0 Å². The molecule has 2 aromatic carbocycles. The number of hydrogen-bond donors (Lipinski definition) is 1. The fourth-order valence-corrected chi connectivity index (χ4v) is 1.80. The van der Waals surface area contributed by atoms with E-state index in [-0.39, 0.29) is 17.9 Å². The molecule has 23 heavy (non-hydrogen) atoms. The standard InChI is InChI=1S/C18H13F2NO2/c1-12(22)14-6-4-13(5-7-14)3-2-10-21-18(23)15-8-9-16(19)17(20)11-15/h4-9,11H,10H2,1H3,(H,21,23). The van der Waals surface area contributed by atoms with Gasteiger partial charge < -0.3 is 5.32 Å². The highest BCUT2D eigenvalue weighted by atomic mass is 19.2. The maximum absolute atomic E-state index is 13.0. The van der Waals surface area contributed by atoms with E-state index in [4.69, 9.17) is 0 Å². The van der Waals surface area contributed by atoms with Gasteiger partial charge in [-0.05, 0) is 37.3 Å². The molecule has 0 heterocycles. The van der Waals surface area contributed by atoms with E-state index in [1.807, 2.05) is 0 Å². The zero-order valence-electron chi connectivity index (χ0n) is 12.3. The van der Waals surface area contributed by atoms with E-state index in [2.05, 4.69) is 17.2 Å². The second-order valence-corrected chi connectivity index (χ2v) is 4.75. The number of amides is 1. The third-order valence-corrected chi connectivity index (χ3v) is 3.04. The van der Waals surface area contributed by atoms with Gasteiger partial charge in [0.2, 0.25) is 0 Å². The molecule has 5 heteroatoms. The van der Waals surface area contributed by atoms with Crippen molar-refractivity contribution in [1.82, 2.24) is 5.32 Å². The summed E-state index contributed by atoms with van der Waals surface area (Å²) in [5, 5.41) is 2.49. The second kappa shape index (κ2) is 7.32. The molecule has 0 bridgehead atoms. The minimum atomic E-state index is -1.07. The van der Waals surface area contributed by atoms with Crippen molar-refractivity contribution in [3.05, 3.63) is 70.8 Å². The fourth-order valence-electron chi connectivity index (χ4n) is 1.80. The average molecular weight is 313 g/mol. The number of ketones is 1. The summed E-state index contributed by atoms with van der Waals surface area (Å²) in [6.45, 7) is 1.54. The molecule has 0 fully saturated rings. The van der Waals surface area contributed by atoms with E-state index < -0.39 is 17.5 Å². The zero-order chi connectivity index (χ0) is 16.8. The van der Waals surface area contributed by atoms with E-state index in [0.717, 1.165) is 12.1 Å². The summed E-state index contributed by atoms with van der Waals surface area (Å²) in [5.41, 5.74) is 1.33. The molecular weight excluding hydrogens is 300 g/mol. The Hall–Kier alpha value is -3.00. The number of halogens is 2. The first-order valence-electron chi connectivity index (χ1n) is 6.80. The number of carbonyl (C=O) groups excluding carboxylic acids is 2. The lowest BCUT2D eigenvalue weighted by molar-refractivity contribution is 0.0957. The van der Waals surface area contributed by atoms with Crippen LogP contribution < -0.4 is 5.32 Å². The van der Waals surface area contributed by atoms with Gasteiger partial charge in [-0.3, -0.25) is 9.59 Å². The minimum absolute atomic E-state index is 0.0245. The molecule has 0 saturated carbocycles. The molecule has 0 radical (unpaired) electrons. The van der Waals surface area contributed by atoms with Gasteiger partial charge in [0.25, 0.3) is 5.91 Å². The van der Waals surface area contributed by atoms with Crippen LogP contribution in [0.5, 0.6) is 0 Å². The Balaban J connectivity index is 1.93. The molecule has 1 amide bonds. The van der Waals surface area contributed by atoms with E-state index in [9.17, 15) is 18.4 Å². The Morgan fingerprint density at radius 1 is 1.00 bits per heavy atom. The maximum atomic E-state index is 13.0. The van der Waals surface area contributed by atoms with Gasteiger partial charge in [-0.15, -0.1) is 0 Å². The summed E-state index contributed by atoms with van der Waals surface area (Å²) in [6.07, 6.45) is 0. The smallest absolute Gasteiger partial charge is 0.252 e. The molecule has 0 saturated heterocycles. The van der Waals surface area contributed by atoms with Crippen LogP contribution in [0.4, 0.5) is 8.78 Å². The number of benzene rings is 2. The fraction of sp³-hybridized carbons (Fsp3) is 0.111. The molecular formula is C18H13F2NO2. The lowest BCUT2D eigenvalue weighted by atomic mass is 10.1. The predicted octanol–water partition coefficient (Wildman–Crippen LogP) is 2.95. The van der Waals surface area contributed by atoms with Crippen LogP contribution in [0, 0.1) is 23.5 Å². The van der Waals surface area contributed by atoms with Crippen LogP contribution in [0.25, 0.3) is 0 Å². The van der Waals surface area contributed by atoms with Crippen molar-refractivity contribution in [2.24, 2.45) is 0 Å². The summed E-state index contributed by atoms with van der Waals surface area (Å²) in [6, 6.07) is 9.69. The molecule has 2 aromatic rings. The van der Waals surface area contributed by atoms with Crippen molar-refractivity contribution in [2.75, 3.05) is 6.54 Å². The molecule has 0 atom stereocenters. The number of hydrogen-bond acceptors (Lipinski definition) is 2. The van der Waals surface area contributed by atoms with Gasteiger partial charge in [0.1, 0.15) is 0 Å². The van der Waals surface area contributed by atoms with Crippen LogP contribution >= 0.6 is 0 Å². The van der Waals surface area contributed by atoms with Crippen molar-refractivity contribution in [2.45, 2.75) is 6.92 Å². The predicted molar refractivity (Wildman–Crippen MR) is 82.0 cm³/mol. The monoisotopic (exact) mass is 313 g/mol. The summed E-state index contributed by atoms with van der Waals surface area (Å²) >= 11 is 0. The van der Waals surface area contributed by atoms with Crippen LogP contribution in [0.1, 0.15) is 33.2 Å². The summed E-state index contributed by atoms with van der Waals surface area (Å²) < 4.78 is 25.8. The van der Waals surface area contributed by atoms with Gasteiger partial charge >= 0.3 is 0 Å². The Bertz CT molecular complexity index is 802. The van der Waals surface area contributed by atoms with Crippen molar-refractivity contribution >= 4 is 11.7 Å². The molecule has 0 aliphatic rings. The van der Waals surface area contributed by atoms with Gasteiger partial charge in [-0.2, -0.15) is 0 Å². The molecule has 0 unspecified atom stereocenters. The zero-order valence-corrected chi connectivity index (χ0v) is 12.3. The normalized spacial score (nSPS) is 9.70. The van der Waals surface area contributed by atoms with Crippen LogP contribution in [0.2, 0.25) is 0 Å². The molecule has 0 spiro atoms. The van der Waals surface area contributed by atoms with Gasteiger partial charge in [0.15, 0.2) is 17.4 Å². The lowest BCUT2D eigenvalue weighted by Gasteiger charge is -2.01. The number of nitrogens with one attached hydrogen (secondary N) is 1. The van der Waals surface area contributed by atoms with Crippen molar-refractivity contribution in [1.29, 1.82) is 0 Å². The molecule has 0 aliphatic carbocycles. The highest BCUT2D eigenvalue weighted by Gasteiger charge is 2.08. The third-order valence-electron chi connectivity index (χ3n) is 3.04. The van der Waals surface area contributed by atoms with Gasteiger partial charge in [-0.1, -0.05) is 24.0 Å². The van der Waals surface area contributed by atoms with E-state index in [1.165, 1.54) is 13.0 Å².